The quantitative estimate of drug-likeness (QED) is 0.841. The Hall–Kier alpha value is -1.62. The largest absolute Gasteiger partial charge is 0.497 e. The van der Waals surface area contributed by atoms with Crippen LogP contribution in [0.1, 0.15) is 32.4 Å². The van der Waals surface area contributed by atoms with Gasteiger partial charge in [-0.05, 0) is 26.8 Å². The topological polar surface area (TPSA) is 64.3 Å². The first-order chi connectivity index (χ1) is 8.27. The molecule has 1 unspecified atom stereocenters. The molecule has 1 rings (SSSR count). The van der Waals surface area contributed by atoms with Gasteiger partial charge in [-0.15, -0.1) is 0 Å². The molecular weight excluding hydrogens is 235 g/mol. The molecule has 1 aromatic rings. The second-order valence-electron chi connectivity index (χ2n) is 4.74. The molecule has 0 heterocycles. The summed E-state index contributed by atoms with van der Waals surface area (Å²) in [5.41, 5.74) is 4.83. The zero-order chi connectivity index (χ0) is 13.9. The van der Waals surface area contributed by atoms with Crippen LogP contribution in [0.15, 0.2) is 18.2 Å². The molecule has 4 nitrogen and oxygen atoms in total. The fourth-order valence-corrected chi connectivity index (χ4v) is 1.68. The number of amides is 1. The monoisotopic (exact) mass is 254 g/mol. The molecule has 0 aliphatic heterocycles. The Bertz CT molecular complexity index is 447. The first-order valence-electron chi connectivity index (χ1n) is 5.69. The van der Waals surface area contributed by atoms with Crippen LogP contribution in [0.3, 0.4) is 0 Å². The molecule has 18 heavy (non-hydrogen) atoms. The minimum absolute atomic E-state index is 0.335. The Labute approximate surface area is 106 Å². The highest BCUT2D eigenvalue weighted by Gasteiger charge is 2.27. The molecule has 5 heteroatoms. The molecule has 0 aromatic heterocycles. The van der Waals surface area contributed by atoms with E-state index in [1.165, 1.54) is 13.2 Å². The van der Waals surface area contributed by atoms with Crippen molar-refractivity contribution >= 4 is 5.91 Å². The van der Waals surface area contributed by atoms with E-state index in [9.17, 15) is 9.18 Å². The predicted molar refractivity (Wildman–Crippen MR) is 67.8 cm³/mol. The third kappa shape index (κ3) is 3.20. The SMILES string of the molecule is COc1ccc(C(C)NC(C)(C)C(N)=O)c(F)c1. The van der Waals surface area contributed by atoms with Gasteiger partial charge in [0.2, 0.25) is 5.91 Å². The van der Waals surface area contributed by atoms with E-state index >= 15 is 0 Å². The van der Waals surface area contributed by atoms with Crippen molar-refractivity contribution < 1.29 is 13.9 Å². The Morgan fingerprint density at radius 1 is 1.50 bits per heavy atom. The van der Waals surface area contributed by atoms with Crippen molar-refractivity contribution in [3.63, 3.8) is 0 Å². The number of methoxy groups -OCH3 is 1. The number of rotatable bonds is 5. The first kappa shape index (κ1) is 14.4. The highest BCUT2D eigenvalue weighted by molar-refractivity contribution is 5.83. The van der Waals surface area contributed by atoms with Gasteiger partial charge in [0.15, 0.2) is 0 Å². The fourth-order valence-electron chi connectivity index (χ4n) is 1.68. The normalized spacial score (nSPS) is 13.2. The summed E-state index contributed by atoms with van der Waals surface area (Å²) < 4.78 is 18.8. The summed E-state index contributed by atoms with van der Waals surface area (Å²) >= 11 is 0. The number of ether oxygens (including phenoxy) is 1. The molecule has 0 saturated heterocycles. The van der Waals surface area contributed by atoms with Crippen molar-refractivity contribution in [1.29, 1.82) is 0 Å². The lowest BCUT2D eigenvalue weighted by Gasteiger charge is -2.27. The number of primary amides is 1. The molecule has 0 aliphatic carbocycles. The zero-order valence-electron chi connectivity index (χ0n) is 11.1. The average Bonchev–Trinajstić information content (AvgIpc) is 2.27. The smallest absolute Gasteiger partial charge is 0.237 e. The van der Waals surface area contributed by atoms with Crippen LogP contribution in [0, 0.1) is 5.82 Å². The van der Waals surface area contributed by atoms with Gasteiger partial charge in [-0.1, -0.05) is 6.07 Å². The van der Waals surface area contributed by atoms with Crippen molar-refractivity contribution in [1.82, 2.24) is 5.32 Å². The molecule has 0 bridgehead atoms. The zero-order valence-corrected chi connectivity index (χ0v) is 11.1. The molecule has 0 aliphatic rings. The highest BCUT2D eigenvalue weighted by Crippen LogP contribution is 2.23. The van der Waals surface area contributed by atoms with E-state index in [0.29, 0.717) is 11.3 Å². The Kier molecular flexibility index (Phi) is 4.29. The van der Waals surface area contributed by atoms with Crippen LogP contribution in [0.4, 0.5) is 4.39 Å². The van der Waals surface area contributed by atoms with E-state index in [0.717, 1.165) is 0 Å². The lowest BCUT2D eigenvalue weighted by molar-refractivity contribution is -0.123. The van der Waals surface area contributed by atoms with Crippen LogP contribution in [0.25, 0.3) is 0 Å². The van der Waals surface area contributed by atoms with Crippen LogP contribution < -0.4 is 15.8 Å². The van der Waals surface area contributed by atoms with Gasteiger partial charge in [-0.25, -0.2) is 4.39 Å². The predicted octanol–water partition coefficient (Wildman–Crippen LogP) is 1.75. The number of hydrogen-bond acceptors (Lipinski definition) is 3. The van der Waals surface area contributed by atoms with Crippen LogP contribution in [0.5, 0.6) is 5.75 Å². The second kappa shape index (κ2) is 5.35. The van der Waals surface area contributed by atoms with Gasteiger partial charge >= 0.3 is 0 Å². The number of hydrogen-bond donors (Lipinski definition) is 2. The molecule has 0 radical (unpaired) electrons. The number of carbonyl (C=O) groups is 1. The summed E-state index contributed by atoms with van der Waals surface area (Å²) in [6, 6.07) is 4.28. The number of benzene rings is 1. The highest BCUT2D eigenvalue weighted by atomic mass is 19.1. The molecule has 0 spiro atoms. The standard InChI is InChI=1S/C13H19FN2O2/c1-8(16-13(2,3)12(15)17)10-6-5-9(18-4)7-11(10)14/h5-8,16H,1-4H3,(H2,15,17). The lowest BCUT2D eigenvalue weighted by atomic mass is 10.00. The van der Waals surface area contributed by atoms with Gasteiger partial charge in [0.1, 0.15) is 11.6 Å². The lowest BCUT2D eigenvalue weighted by Crippen LogP contribution is -2.51. The molecule has 1 amide bonds. The van der Waals surface area contributed by atoms with Crippen LogP contribution in [-0.2, 0) is 4.79 Å². The van der Waals surface area contributed by atoms with Gasteiger partial charge in [-0.3, -0.25) is 10.1 Å². The third-order valence-corrected chi connectivity index (χ3v) is 2.87. The molecule has 0 saturated carbocycles. The minimum Gasteiger partial charge on any atom is -0.497 e. The van der Waals surface area contributed by atoms with Gasteiger partial charge in [0.05, 0.1) is 12.6 Å². The van der Waals surface area contributed by atoms with Crippen molar-refractivity contribution in [2.45, 2.75) is 32.4 Å². The van der Waals surface area contributed by atoms with Crippen LogP contribution in [0.2, 0.25) is 0 Å². The number of carbonyl (C=O) groups excluding carboxylic acids is 1. The van der Waals surface area contributed by atoms with E-state index in [-0.39, 0.29) is 11.9 Å². The summed E-state index contributed by atoms with van der Waals surface area (Å²) in [7, 11) is 1.48. The van der Waals surface area contributed by atoms with E-state index < -0.39 is 11.4 Å². The molecule has 0 fully saturated rings. The average molecular weight is 254 g/mol. The van der Waals surface area contributed by atoms with Crippen molar-refractivity contribution in [2.75, 3.05) is 7.11 Å². The third-order valence-electron chi connectivity index (χ3n) is 2.87. The maximum atomic E-state index is 13.8. The Morgan fingerprint density at radius 3 is 2.56 bits per heavy atom. The van der Waals surface area contributed by atoms with Crippen molar-refractivity contribution in [2.24, 2.45) is 5.73 Å². The Morgan fingerprint density at radius 2 is 2.11 bits per heavy atom. The summed E-state index contributed by atoms with van der Waals surface area (Å²) in [4.78, 5) is 11.2. The van der Waals surface area contributed by atoms with Gasteiger partial charge < -0.3 is 10.5 Å². The molecule has 100 valence electrons. The van der Waals surface area contributed by atoms with Gasteiger partial charge in [0.25, 0.3) is 0 Å². The second-order valence-corrected chi connectivity index (χ2v) is 4.74. The number of nitrogens with one attached hydrogen (secondary N) is 1. The first-order valence-corrected chi connectivity index (χ1v) is 5.69. The van der Waals surface area contributed by atoms with Crippen LogP contribution in [-0.4, -0.2) is 18.6 Å². The maximum absolute atomic E-state index is 13.8. The summed E-state index contributed by atoms with van der Waals surface area (Å²) in [6.45, 7) is 5.09. The van der Waals surface area contributed by atoms with E-state index in [1.54, 1.807) is 32.9 Å². The van der Waals surface area contributed by atoms with E-state index in [1.807, 2.05) is 0 Å². The van der Waals surface area contributed by atoms with Crippen LogP contribution >= 0.6 is 0 Å². The van der Waals surface area contributed by atoms with Gasteiger partial charge in [0, 0.05) is 17.7 Å². The van der Waals surface area contributed by atoms with E-state index in [4.69, 9.17) is 10.5 Å². The molecule has 1 atom stereocenters. The van der Waals surface area contributed by atoms with Crippen molar-refractivity contribution in [3.8, 4) is 5.75 Å². The molecule has 1 aromatic carbocycles. The summed E-state index contributed by atoms with van der Waals surface area (Å²) in [6.07, 6.45) is 0. The minimum atomic E-state index is -0.897. The fraction of sp³-hybridized carbons (Fsp3) is 0.462. The summed E-state index contributed by atoms with van der Waals surface area (Å²) in [5.74, 6) is -0.407. The number of halogens is 1. The van der Waals surface area contributed by atoms with Gasteiger partial charge in [-0.2, -0.15) is 0 Å². The maximum Gasteiger partial charge on any atom is 0.237 e. The molecular formula is C13H19FN2O2. The summed E-state index contributed by atoms with van der Waals surface area (Å²) in [5, 5.41) is 2.99. The Balaban J connectivity index is 2.91. The van der Waals surface area contributed by atoms with E-state index in [2.05, 4.69) is 5.32 Å². The molecule has 3 N–H and O–H groups in total. The van der Waals surface area contributed by atoms with Crippen molar-refractivity contribution in [3.05, 3.63) is 29.6 Å². The number of nitrogens with two attached hydrogens (primary N) is 1.